The molecule has 0 fully saturated rings. The number of fused-ring (bicyclic) bond motifs is 6. The summed E-state index contributed by atoms with van der Waals surface area (Å²) >= 11 is 0. The van der Waals surface area contributed by atoms with Gasteiger partial charge in [0.2, 0.25) is 0 Å². The molecule has 2 heterocycles. The van der Waals surface area contributed by atoms with Crippen LogP contribution < -0.4 is 0 Å². The summed E-state index contributed by atoms with van der Waals surface area (Å²) in [6.45, 7) is 0. The van der Waals surface area contributed by atoms with Gasteiger partial charge in [0.15, 0.2) is 0 Å². The van der Waals surface area contributed by atoms with Crippen molar-refractivity contribution >= 4 is 54.5 Å². The van der Waals surface area contributed by atoms with Gasteiger partial charge in [-0.2, -0.15) is 0 Å². The van der Waals surface area contributed by atoms with E-state index in [-0.39, 0.29) is 32.7 Å². The number of hydrogen-bond donors (Lipinski definition) is 0. The van der Waals surface area contributed by atoms with Gasteiger partial charge in [0.25, 0.3) is 0 Å². The van der Waals surface area contributed by atoms with Crippen LogP contribution >= 0.6 is 0 Å². The molecule has 0 amide bonds. The van der Waals surface area contributed by atoms with E-state index in [1.807, 2.05) is 36.4 Å². The third-order valence-corrected chi connectivity index (χ3v) is 7.67. The van der Waals surface area contributed by atoms with E-state index in [4.69, 9.17) is 21.2 Å². The minimum Gasteiger partial charge on any atom is -0.464 e. The number of hydrogen-bond acceptors (Lipinski definition) is 2. The van der Waals surface area contributed by atoms with E-state index in [9.17, 15) is 5.48 Å². The van der Waals surface area contributed by atoms with Crippen molar-refractivity contribution in [1.82, 2.24) is 0 Å². The van der Waals surface area contributed by atoms with Crippen LogP contribution in [0.4, 0.5) is 0 Å². The average molecular weight is 550 g/mol. The van der Waals surface area contributed by atoms with Crippen molar-refractivity contribution in [1.29, 1.82) is 0 Å². The predicted octanol–water partition coefficient (Wildman–Crippen LogP) is 11.6. The summed E-state index contributed by atoms with van der Waals surface area (Å²) in [5.74, 6) is 0. The number of rotatable bonds is 3. The molecule has 0 spiro atoms. The molecule has 0 aliphatic carbocycles. The van der Waals surface area contributed by atoms with Crippen LogP contribution in [-0.2, 0) is 0 Å². The lowest BCUT2D eigenvalue weighted by Crippen LogP contribution is -1.91. The van der Waals surface area contributed by atoms with Crippen molar-refractivity contribution in [3.05, 3.63) is 145 Å². The molecule has 2 aromatic heterocycles. The molecule has 0 saturated carbocycles. The van der Waals surface area contributed by atoms with Gasteiger partial charge in [0.05, 0.1) is 24.1 Å². The smallest absolute Gasteiger partial charge is 0.136 e. The van der Waals surface area contributed by atoms with E-state index < -0.39 is 84.1 Å². The minimum absolute atomic E-state index is 0.0259. The number of furan rings is 2. The molecule has 196 valence electrons. The Hall–Kier alpha value is -5.60. The summed E-state index contributed by atoms with van der Waals surface area (Å²) < 4.78 is 127. The van der Waals surface area contributed by atoms with Gasteiger partial charge >= 0.3 is 0 Å². The number of benzene rings is 7. The van der Waals surface area contributed by atoms with Crippen molar-refractivity contribution in [2.45, 2.75) is 0 Å². The van der Waals surface area contributed by atoms with Crippen molar-refractivity contribution in [3.63, 3.8) is 0 Å². The fourth-order valence-electron chi connectivity index (χ4n) is 5.92. The Morgan fingerprint density at radius 3 is 1.81 bits per heavy atom. The topological polar surface area (TPSA) is 26.3 Å². The zero-order valence-electron chi connectivity index (χ0n) is 34.7. The third kappa shape index (κ3) is 3.33. The normalized spacial score (nSPS) is 16.1. The Labute approximate surface area is 260 Å². The second kappa shape index (κ2) is 8.95. The van der Waals surface area contributed by atoms with E-state index in [2.05, 4.69) is 0 Å². The zero-order valence-corrected chi connectivity index (χ0v) is 21.7. The monoisotopic (exact) mass is 549 g/mol. The molecule has 2 nitrogen and oxygen atoms in total. The highest BCUT2D eigenvalue weighted by Gasteiger charge is 2.21. The molecule has 42 heavy (non-hydrogen) atoms. The van der Waals surface area contributed by atoms with E-state index in [0.29, 0.717) is 33.1 Å². The highest BCUT2D eigenvalue weighted by Crippen LogP contribution is 2.47. The predicted molar refractivity (Wildman–Crippen MR) is 175 cm³/mol. The molecule has 0 aliphatic rings. The first-order valence-corrected chi connectivity index (χ1v) is 13.2. The maximum absolute atomic E-state index is 9.30. The molecule has 9 aromatic rings. The lowest BCUT2D eigenvalue weighted by atomic mass is 9.85. The van der Waals surface area contributed by atoms with Crippen molar-refractivity contribution < 1.29 is 26.7 Å². The van der Waals surface area contributed by atoms with Crippen LogP contribution in [-0.4, -0.2) is 0 Å². The first kappa shape index (κ1) is 13.8. The summed E-state index contributed by atoms with van der Waals surface area (Å²) in [6.07, 6.45) is 1.65. The van der Waals surface area contributed by atoms with E-state index in [0.717, 1.165) is 16.5 Å². The Bertz CT molecular complexity index is 3070. The summed E-state index contributed by atoms with van der Waals surface area (Å²) in [5, 5.41) is 0.919. The molecular formula is C40H24O2. The van der Waals surface area contributed by atoms with Crippen molar-refractivity contribution in [3.8, 4) is 33.4 Å². The van der Waals surface area contributed by atoms with Crippen LogP contribution in [0.2, 0.25) is 0 Å². The van der Waals surface area contributed by atoms with E-state index >= 15 is 0 Å². The first-order valence-electron chi connectivity index (χ1n) is 19.7. The highest BCUT2D eigenvalue weighted by molar-refractivity contribution is 6.26. The molecule has 0 bridgehead atoms. The van der Waals surface area contributed by atoms with Crippen molar-refractivity contribution in [2.24, 2.45) is 0 Å². The molecule has 0 aliphatic heterocycles. The third-order valence-electron chi connectivity index (χ3n) is 7.67. The fourth-order valence-corrected chi connectivity index (χ4v) is 5.92. The van der Waals surface area contributed by atoms with Gasteiger partial charge in [-0.15, -0.1) is 0 Å². The molecule has 0 N–H and O–H groups in total. The fraction of sp³-hybridized carbons (Fsp3) is 0. The summed E-state index contributed by atoms with van der Waals surface area (Å²) in [5.41, 5.74) is 2.66. The lowest BCUT2D eigenvalue weighted by Gasteiger charge is -2.18. The molecule has 9 rings (SSSR count). The standard InChI is InChI=1S/C40H24O2/c1-3-12-25(13-4-1)34-24-41-36-23-33-37(22-32(34)36)42-35-21-11-20-31(40(33)35)39-29-18-9-7-16-27(29)38(26-14-5-2-6-15-26)28-17-8-10-19-30(28)39/h1-24H/i2D,5D,6D,7D,8D,9D,10D,14D,15D,16D,17D,18D,19D. The first-order chi connectivity index (χ1) is 26.2. The zero-order chi connectivity index (χ0) is 38.9. The van der Waals surface area contributed by atoms with Gasteiger partial charge in [-0.25, -0.2) is 0 Å². The van der Waals surface area contributed by atoms with Crippen LogP contribution in [0.25, 0.3) is 87.8 Å². The van der Waals surface area contributed by atoms with Crippen molar-refractivity contribution in [2.75, 3.05) is 0 Å². The van der Waals surface area contributed by atoms with Gasteiger partial charge in [-0.1, -0.05) is 121 Å². The Kier molecular flexibility index (Phi) is 2.95. The van der Waals surface area contributed by atoms with Gasteiger partial charge in [0.1, 0.15) is 16.7 Å². The van der Waals surface area contributed by atoms with Crippen LogP contribution in [0.5, 0.6) is 0 Å². The molecule has 2 heteroatoms. The maximum atomic E-state index is 9.30. The minimum atomic E-state index is -0.725. The summed E-state index contributed by atoms with van der Waals surface area (Å²) in [6, 6.07) is 9.79. The molecule has 0 atom stereocenters. The lowest BCUT2D eigenvalue weighted by molar-refractivity contribution is 0.617. The Balaban J connectivity index is 1.54. The second-order valence-electron chi connectivity index (χ2n) is 9.89. The molecule has 7 aromatic carbocycles. The van der Waals surface area contributed by atoms with Crippen LogP contribution in [0.15, 0.2) is 154 Å². The average Bonchev–Trinajstić information content (AvgIpc) is 3.78. The second-order valence-corrected chi connectivity index (χ2v) is 9.89. The Morgan fingerprint density at radius 1 is 0.452 bits per heavy atom. The van der Waals surface area contributed by atoms with Crippen LogP contribution in [0.3, 0.4) is 0 Å². The van der Waals surface area contributed by atoms with Crippen LogP contribution in [0, 0.1) is 0 Å². The molecule has 0 radical (unpaired) electrons. The maximum Gasteiger partial charge on any atom is 0.136 e. The SMILES string of the molecule is [2H]c1c([2H])c([2H])c(-c2c3c([2H])c([2H])c([2H])c([2H])c3c(-c3cccc4oc5cc6c(-c7ccccc7)coc6cc5c34)c3c([2H])c([2H])c([2H])c([2H])c23)c([2H])c1[2H]. The van der Waals surface area contributed by atoms with Gasteiger partial charge in [-0.3, -0.25) is 0 Å². The summed E-state index contributed by atoms with van der Waals surface area (Å²) in [4.78, 5) is 0. The van der Waals surface area contributed by atoms with E-state index in [1.165, 1.54) is 0 Å². The van der Waals surface area contributed by atoms with Gasteiger partial charge < -0.3 is 8.83 Å². The quantitative estimate of drug-likeness (QED) is 0.205. The molecule has 0 unspecified atom stereocenters. The Morgan fingerprint density at radius 2 is 1.10 bits per heavy atom. The molecule has 0 saturated heterocycles. The van der Waals surface area contributed by atoms with Crippen LogP contribution in [0.1, 0.15) is 17.8 Å². The van der Waals surface area contributed by atoms with E-state index in [1.54, 1.807) is 30.5 Å². The van der Waals surface area contributed by atoms with Gasteiger partial charge in [0, 0.05) is 21.7 Å². The van der Waals surface area contributed by atoms with Gasteiger partial charge in [-0.05, 0) is 67.6 Å². The summed E-state index contributed by atoms with van der Waals surface area (Å²) in [7, 11) is 0. The largest absolute Gasteiger partial charge is 0.464 e. The molecular weight excluding hydrogens is 512 g/mol. The highest BCUT2D eigenvalue weighted by atomic mass is 16.3.